The summed E-state index contributed by atoms with van der Waals surface area (Å²) in [6.07, 6.45) is 4.13. The molecule has 0 spiro atoms. The van der Waals surface area contributed by atoms with Gasteiger partial charge in [0.1, 0.15) is 6.20 Å². The van der Waals surface area contributed by atoms with Gasteiger partial charge in [0.2, 0.25) is 5.69 Å². The molecule has 2 aromatic heterocycles. The van der Waals surface area contributed by atoms with Gasteiger partial charge in [0, 0.05) is 12.4 Å². The van der Waals surface area contributed by atoms with E-state index in [1.807, 2.05) is 0 Å². The van der Waals surface area contributed by atoms with Crippen molar-refractivity contribution in [2.45, 2.75) is 6.92 Å². The van der Waals surface area contributed by atoms with Gasteiger partial charge >= 0.3 is 11.7 Å². The Labute approximate surface area is 101 Å². The van der Waals surface area contributed by atoms with Crippen molar-refractivity contribution < 1.29 is 14.8 Å². The number of hydrogen-bond donors (Lipinski definition) is 1. The Morgan fingerprint density at radius 3 is 2.78 bits per heavy atom. The van der Waals surface area contributed by atoms with Crippen LogP contribution in [-0.4, -0.2) is 30.8 Å². The summed E-state index contributed by atoms with van der Waals surface area (Å²) < 4.78 is 1.17. The molecule has 0 saturated heterocycles. The molecule has 0 radical (unpaired) electrons. The van der Waals surface area contributed by atoms with E-state index in [4.69, 9.17) is 5.11 Å². The maximum absolute atomic E-state index is 10.9. The average molecular weight is 248 g/mol. The second kappa shape index (κ2) is 4.24. The monoisotopic (exact) mass is 248 g/mol. The van der Waals surface area contributed by atoms with Crippen LogP contribution in [0, 0.1) is 17.0 Å². The van der Waals surface area contributed by atoms with E-state index in [1.165, 1.54) is 10.9 Å². The summed E-state index contributed by atoms with van der Waals surface area (Å²) in [5.41, 5.74) is 0.141. The second-order valence-corrected chi connectivity index (χ2v) is 3.53. The lowest BCUT2D eigenvalue weighted by molar-refractivity contribution is -0.385. The van der Waals surface area contributed by atoms with Crippen LogP contribution in [0.1, 0.15) is 16.1 Å². The van der Waals surface area contributed by atoms with Crippen LogP contribution < -0.4 is 0 Å². The quantitative estimate of drug-likeness (QED) is 0.644. The number of aryl methyl sites for hydroxylation is 1. The molecule has 0 aliphatic carbocycles. The molecule has 0 aromatic carbocycles. The van der Waals surface area contributed by atoms with Gasteiger partial charge in [0.15, 0.2) is 0 Å². The molecule has 2 heterocycles. The first kappa shape index (κ1) is 11.7. The van der Waals surface area contributed by atoms with Crippen molar-refractivity contribution in [1.29, 1.82) is 0 Å². The van der Waals surface area contributed by atoms with Crippen molar-refractivity contribution in [3.8, 4) is 5.69 Å². The zero-order valence-corrected chi connectivity index (χ0v) is 9.27. The molecule has 0 saturated carbocycles. The number of rotatable bonds is 3. The number of aromatic nitrogens is 3. The van der Waals surface area contributed by atoms with Gasteiger partial charge in [-0.05, 0) is 18.6 Å². The van der Waals surface area contributed by atoms with Crippen LogP contribution in [0.3, 0.4) is 0 Å². The molecular weight excluding hydrogens is 240 g/mol. The summed E-state index contributed by atoms with van der Waals surface area (Å²) in [5, 5.41) is 23.3. The molecule has 0 amide bonds. The molecule has 8 heteroatoms. The van der Waals surface area contributed by atoms with Gasteiger partial charge in [0.25, 0.3) is 0 Å². The summed E-state index contributed by atoms with van der Waals surface area (Å²) in [6, 6.07) is 1.59. The summed E-state index contributed by atoms with van der Waals surface area (Å²) in [7, 11) is 0. The smallest absolute Gasteiger partial charge is 0.363 e. The highest BCUT2D eigenvalue weighted by Crippen LogP contribution is 2.20. The fourth-order valence-electron chi connectivity index (χ4n) is 1.50. The Kier molecular flexibility index (Phi) is 2.76. The van der Waals surface area contributed by atoms with Gasteiger partial charge in [-0.1, -0.05) is 0 Å². The van der Waals surface area contributed by atoms with E-state index in [0.717, 1.165) is 11.8 Å². The van der Waals surface area contributed by atoms with Crippen LogP contribution in [0.5, 0.6) is 0 Å². The first-order valence-electron chi connectivity index (χ1n) is 4.89. The Bertz CT molecular complexity index is 603. The second-order valence-electron chi connectivity index (χ2n) is 3.53. The fourth-order valence-corrected chi connectivity index (χ4v) is 1.50. The van der Waals surface area contributed by atoms with Crippen LogP contribution >= 0.6 is 0 Å². The summed E-state index contributed by atoms with van der Waals surface area (Å²) in [6.45, 7) is 1.75. The van der Waals surface area contributed by atoms with Crippen molar-refractivity contribution in [1.82, 2.24) is 14.8 Å². The van der Waals surface area contributed by atoms with Gasteiger partial charge in [0.05, 0.1) is 10.6 Å². The van der Waals surface area contributed by atoms with Crippen LogP contribution in [0.4, 0.5) is 5.69 Å². The molecule has 0 aliphatic heterocycles. The molecule has 0 aliphatic rings. The van der Waals surface area contributed by atoms with E-state index < -0.39 is 22.3 Å². The lowest BCUT2D eigenvalue weighted by atomic mass is 10.3. The topological polar surface area (TPSA) is 111 Å². The van der Waals surface area contributed by atoms with Crippen molar-refractivity contribution >= 4 is 11.7 Å². The number of pyridine rings is 1. The van der Waals surface area contributed by atoms with Crippen molar-refractivity contribution in [3.05, 3.63) is 46.0 Å². The van der Waals surface area contributed by atoms with Crippen LogP contribution in [0.2, 0.25) is 0 Å². The average Bonchev–Trinajstić information content (AvgIpc) is 2.74. The third kappa shape index (κ3) is 1.90. The molecule has 0 bridgehead atoms. The van der Waals surface area contributed by atoms with E-state index in [-0.39, 0.29) is 0 Å². The molecule has 2 rings (SSSR count). The Morgan fingerprint density at radius 1 is 1.56 bits per heavy atom. The molecular formula is C10H8N4O4. The van der Waals surface area contributed by atoms with Gasteiger partial charge in [-0.2, -0.15) is 5.10 Å². The van der Waals surface area contributed by atoms with E-state index in [9.17, 15) is 14.9 Å². The fraction of sp³-hybridized carbons (Fsp3) is 0.100. The molecule has 0 atom stereocenters. The third-order valence-electron chi connectivity index (χ3n) is 2.33. The first-order chi connectivity index (χ1) is 8.50. The minimum atomic E-state index is -1.44. The van der Waals surface area contributed by atoms with Crippen molar-refractivity contribution in [2.24, 2.45) is 0 Å². The lowest BCUT2D eigenvalue weighted by Crippen LogP contribution is -2.03. The predicted octanol–water partition coefficient (Wildman–Crippen LogP) is 1.18. The summed E-state index contributed by atoms with van der Waals surface area (Å²) >= 11 is 0. The zero-order chi connectivity index (χ0) is 13.3. The Balaban J connectivity index is 2.61. The molecule has 92 valence electrons. The minimum Gasteiger partial charge on any atom is -0.476 e. The van der Waals surface area contributed by atoms with Gasteiger partial charge < -0.3 is 5.11 Å². The predicted molar refractivity (Wildman–Crippen MR) is 59.7 cm³/mol. The summed E-state index contributed by atoms with van der Waals surface area (Å²) in [4.78, 5) is 24.7. The summed E-state index contributed by atoms with van der Waals surface area (Å²) in [5.74, 6) is -1.44. The molecule has 1 N–H and O–H groups in total. The number of hydrogen-bond acceptors (Lipinski definition) is 5. The van der Waals surface area contributed by atoms with E-state index in [2.05, 4.69) is 10.1 Å². The van der Waals surface area contributed by atoms with Gasteiger partial charge in [-0.15, -0.1) is 0 Å². The highest BCUT2D eigenvalue weighted by Gasteiger charge is 2.25. The standard InChI is InChI=1S/C10H8N4O4/c1-6-4-11-3-2-7(6)13-5-8(14(17)18)9(12-13)10(15)16/h2-5H,1H3,(H,15,16). The minimum absolute atomic E-state index is 0.542. The number of carbonyl (C=O) groups is 1. The first-order valence-corrected chi connectivity index (χ1v) is 4.89. The normalized spacial score (nSPS) is 10.3. The molecule has 18 heavy (non-hydrogen) atoms. The van der Waals surface area contributed by atoms with E-state index in [1.54, 1.807) is 19.2 Å². The molecule has 0 fully saturated rings. The van der Waals surface area contributed by atoms with Crippen LogP contribution in [0.25, 0.3) is 5.69 Å². The highest BCUT2D eigenvalue weighted by molar-refractivity contribution is 5.90. The maximum atomic E-state index is 10.9. The Hall–Kier alpha value is -2.77. The number of carboxylic acid groups (broad SMARTS) is 1. The Morgan fingerprint density at radius 2 is 2.28 bits per heavy atom. The van der Waals surface area contributed by atoms with E-state index >= 15 is 0 Å². The molecule has 8 nitrogen and oxygen atoms in total. The third-order valence-corrected chi connectivity index (χ3v) is 2.33. The van der Waals surface area contributed by atoms with Crippen LogP contribution in [0.15, 0.2) is 24.7 Å². The highest BCUT2D eigenvalue weighted by atomic mass is 16.6. The lowest BCUT2D eigenvalue weighted by Gasteiger charge is -2.02. The number of carboxylic acids is 1. The van der Waals surface area contributed by atoms with Crippen molar-refractivity contribution in [2.75, 3.05) is 0 Å². The largest absolute Gasteiger partial charge is 0.476 e. The zero-order valence-electron chi connectivity index (χ0n) is 9.27. The number of nitro groups is 1. The number of aromatic carboxylic acids is 1. The molecule has 2 aromatic rings. The SMILES string of the molecule is Cc1cnccc1-n1cc([N+](=O)[O-])c(C(=O)O)n1. The van der Waals surface area contributed by atoms with Crippen molar-refractivity contribution in [3.63, 3.8) is 0 Å². The maximum Gasteiger partial charge on any atom is 0.363 e. The van der Waals surface area contributed by atoms with Gasteiger partial charge in [-0.3, -0.25) is 15.1 Å². The van der Waals surface area contributed by atoms with Crippen LogP contribution in [-0.2, 0) is 0 Å². The van der Waals surface area contributed by atoms with Gasteiger partial charge in [-0.25, -0.2) is 9.48 Å². The molecule has 0 unspecified atom stereocenters. The van der Waals surface area contributed by atoms with E-state index in [0.29, 0.717) is 5.69 Å². The number of nitrogens with zero attached hydrogens (tertiary/aromatic N) is 4.